The molecule has 4 rings (SSSR count). The van der Waals surface area contributed by atoms with Gasteiger partial charge in [0.25, 0.3) is 5.56 Å². The fourth-order valence-electron chi connectivity index (χ4n) is 3.18. The van der Waals surface area contributed by atoms with E-state index in [0.717, 1.165) is 5.52 Å². The van der Waals surface area contributed by atoms with E-state index in [4.69, 9.17) is 4.74 Å². The van der Waals surface area contributed by atoms with Gasteiger partial charge in [0.05, 0.1) is 10.9 Å². The summed E-state index contributed by atoms with van der Waals surface area (Å²) in [5.74, 6) is 1.60. The maximum Gasteiger partial charge on any atom is 0.262 e. The quantitative estimate of drug-likeness (QED) is 0.577. The fourth-order valence-corrected chi connectivity index (χ4v) is 3.18. The van der Waals surface area contributed by atoms with Crippen LogP contribution in [0.3, 0.4) is 0 Å². The standard InChI is InChI=1S/C20H19N5O3/c1-3-24-19(27)16-6-4-5-7-17(16)25-18(22-23-20(24)25)12-28-15-10-8-14(9-11-15)21-13(2)26/h4-11H,3,12H2,1-2H3,(H,21,26). The number of ether oxygens (including phenoxy) is 1. The van der Waals surface area contributed by atoms with Crippen molar-refractivity contribution < 1.29 is 9.53 Å². The summed E-state index contributed by atoms with van der Waals surface area (Å²) in [7, 11) is 0. The maximum atomic E-state index is 12.7. The molecule has 142 valence electrons. The topological polar surface area (TPSA) is 90.5 Å². The molecule has 8 heteroatoms. The third-order valence-corrected chi connectivity index (χ3v) is 4.43. The lowest BCUT2D eigenvalue weighted by atomic mass is 10.2. The molecule has 0 atom stereocenters. The molecule has 0 unspecified atom stereocenters. The summed E-state index contributed by atoms with van der Waals surface area (Å²) in [5, 5.41) is 11.8. The molecule has 0 aliphatic heterocycles. The van der Waals surface area contributed by atoms with Crippen LogP contribution in [0.25, 0.3) is 16.7 Å². The molecule has 1 N–H and O–H groups in total. The number of nitrogens with zero attached hydrogens (tertiary/aromatic N) is 4. The lowest BCUT2D eigenvalue weighted by Crippen LogP contribution is -2.22. The van der Waals surface area contributed by atoms with Crippen LogP contribution in [0, 0.1) is 0 Å². The van der Waals surface area contributed by atoms with Crippen LogP contribution >= 0.6 is 0 Å². The van der Waals surface area contributed by atoms with Gasteiger partial charge in [0.1, 0.15) is 12.4 Å². The Bertz CT molecular complexity index is 1220. The highest BCUT2D eigenvalue weighted by molar-refractivity contribution is 5.88. The number of para-hydroxylation sites is 1. The molecule has 0 saturated carbocycles. The zero-order valence-corrected chi connectivity index (χ0v) is 15.5. The SMILES string of the molecule is CCn1c(=O)c2ccccc2n2c(COc3ccc(NC(C)=O)cc3)nnc12. The van der Waals surface area contributed by atoms with Gasteiger partial charge >= 0.3 is 0 Å². The molecule has 2 heterocycles. The zero-order valence-electron chi connectivity index (χ0n) is 15.5. The number of benzene rings is 2. The average molecular weight is 377 g/mol. The number of carbonyl (C=O) groups excluding carboxylic acids is 1. The number of fused-ring (bicyclic) bond motifs is 3. The maximum absolute atomic E-state index is 12.7. The van der Waals surface area contributed by atoms with E-state index in [9.17, 15) is 9.59 Å². The second kappa shape index (κ2) is 7.15. The number of aromatic nitrogens is 4. The monoisotopic (exact) mass is 377 g/mol. The van der Waals surface area contributed by atoms with Crippen LogP contribution in [0.4, 0.5) is 5.69 Å². The van der Waals surface area contributed by atoms with E-state index >= 15 is 0 Å². The van der Waals surface area contributed by atoms with Gasteiger partial charge in [0.2, 0.25) is 11.7 Å². The van der Waals surface area contributed by atoms with Gasteiger partial charge in [-0.2, -0.15) is 0 Å². The van der Waals surface area contributed by atoms with Crippen LogP contribution in [0.1, 0.15) is 19.7 Å². The smallest absolute Gasteiger partial charge is 0.262 e. The highest BCUT2D eigenvalue weighted by atomic mass is 16.5. The first-order valence-corrected chi connectivity index (χ1v) is 8.94. The van der Waals surface area contributed by atoms with Crippen molar-refractivity contribution in [3.63, 3.8) is 0 Å². The normalized spacial score (nSPS) is 11.1. The van der Waals surface area contributed by atoms with Crippen LogP contribution < -0.4 is 15.6 Å². The van der Waals surface area contributed by atoms with Crippen molar-refractivity contribution in [2.45, 2.75) is 27.0 Å². The molecule has 4 aromatic rings. The molecule has 2 aromatic heterocycles. The number of hydrogen-bond donors (Lipinski definition) is 1. The average Bonchev–Trinajstić information content (AvgIpc) is 3.11. The molecule has 0 radical (unpaired) electrons. The van der Waals surface area contributed by atoms with Gasteiger partial charge in [-0.3, -0.25) is 18.6 Å². The fraction of sp³-hybridized carbons (Fsp3) is 0.200. The van der Waals surface area contributed by atoms with Crippen LogP contribution in [0.2, 0.25) is 0 Å². The summed E-state index contributed by atoms with van der Waals surface area (Å²) in [5.41, 5.74) is 1.36. The number of rotatable bonds is 5. The first-order chi connectivity index (χ1) is 13.6. The van der Waals surface area contributed by atoms with E-state index in [1.807, 2.05) is 29.5 Å². The number of nitrogens with one attached hydrogen (secondary N) is 1. The molecule has 0 bridgehead atoms. The lowest BCUT2D eigenvalue weighted by Gasteiger charge is -2.10. The van der Waals surface area contributed by atoms with Gasteiger partial charge in [-0.1, -0.05) is 12.1 Å². The summed E-state index contributed by atoms with van der Waals surface area (Å²) in [6.45, 7) is 4.04. The van der Waals surface area contributed by atoms with E-state index in [2.05, 4.69) is 15.5 Å². The Morgan fingerprint density at radius 3 is 2.57 bits per heavy atom. The minimum absolute atomic E-state index is 0.0842. The van der Waals surface area contributed by atoms with Crippen LogP contribution in [0.5, 0.6) is 5.75 Å². The predicted octanol–water partition coefficient (Wildman–Crippen LogP) is 2.60. The van der Waals surface area contributed by atoms with Crippen molar-refractivity contribution in [2.75, 3.05) is 5.32 Å². The van der Waals surface area contributed by atoms with Crippen molar-refractivity contribution in [3.05, 3.63) is 64.7 Å². The summed E-state index contributed by atoms with van der Waals surface area (Å²) < 4.78 is 9.30. The van der Waals surface area contributed by atoms with Gasteiger partial charge in [-0.25, -0.2) is 0 Å². The second-order valence-corrected chi connectivity index (χ2v) is 6.31. The molecule has 28 heavy (non-hydrogen) atoms. The third-order valence-electron chi connectivity index (χ3n) is 4.43. The summed E-state index contributed by atoms with van der Waals surface area (Å²) >= 11 is 0. The molecule has 0 aliphatic carbocycles. The Kier molecular flexibility index (Phi) is 4.52. The Balaban J connectivity index is 1.69. The highest BCUT2D eigenvalue weighted by Crippen LogP contribution is 2.19. The van der Waals surface area contributed by atoms with Gasteiger partial charge in [0.15, 0.2) is 5.82 Å². The molecular formula is C20H19N5O3. The van der Waals surface area contributed by atoms with E-state index in [-0.39, 0.29) is 18.1 Å². The Morgan fingerprint density at radius 2 is 1.86 bits per heavy atom. The van der Waals surface area contributed by atoms with Crippen molar-refractivity contribution in [1.29, 1.82) is 0 Å². The summed E-state index contributed by atoms with van der Waals surface area (Å²) in [6, 6.07) is 14.5. The second-order valence-electron chi connectivity index (χ2n) is 6.31. The van der Waals surface area contributed by atoms with Gasteiger partial charge in [-0.15, -0.1) is 10.2 Å². The number of anilines is 1. The van der Waals surface area contributed by atoms with E-state index in [1.165, 1.54) is 6.92 Å². The number of aryl methyl sites for hydroxylation is 1. The first kappa shape index (κ1) is 17.7. The van der Waals surface area contributed by atoms with Gasteiger partial charge in [0, 0.05) is 19.2 Å². The Morgan fingerprint density at radius 1 is 1.11 bits per heavy atom. The van der Waals surface area contributed by atoms with Crippen molar-refractivity contribution in [2.24, 2.45) is 0 Å². The predicted molar refractivity (Wildman–Crippen MR) is 106 cm³/mol. The molecular weight excluding hydrogens is 358 g/mol. The van der Waals surface area contributed by atoms with Crippen molar-refractivity contribution >= 4 is 28.3 Å². The number of amides is 1. The molecule has 0 aliphatic rings. The highest BCUT2D eigenvalue weighted by Gasteiger charge is 2.15. The minimum Gasteiger partial charge on any atom is -0.486 e. The minimum atomic E-state index is -0.127. The molecule has 0 saturated heterocycles. The Hall–Kier alpha value is -3.68. The largest absolute Gasteiger partial charge is 0.486 e. The van der Waals surface area contributed by atoms with Gasteiger partial charge in [-0.05, 0) is 43.3 Å². The molecule has 2 aromatic carbocycles. The molecule has 8 nitrogen and oxygen atoms in total. The number of hydrogen-bond acceptors (Lipinski definition) is 5. The third kappa shape index (κ3) is 3.09. The summed E-state index contributed by atoms with van der Waals surface area (Å²) in [4.78, 5) is 23.8. The Labute approximate surface area is 160 Å². The summed E-state index contributed by atoms with van der Waals surface area (Å²) in [6.07, 6.45) is 0. The molecule has 0 fully saturated rings. The van der Waals surface area contributed by atoms with Crippen LogP contribution in [0.15, 0.2) is 53.3 Å². The number of carbonyl (C=O) groups is 1. The van der Waals surface area contributed by atoms with Gasteiger partial charge < -0.3 is 10.1 Å². The van der Waals surface area contributed by atoms with E-state index in [0.29, 0.717) is 35.0 Å². The zero-order chi connectivity index (χ0) is 19.7. The lowest BCUT2D eigenvalue weighted by molar-refractivity contribution is -0.114. The van der Waals surface area contributed by atoms with E-state index in [1.54, 1.807) is 34.9 Å². The van der Waals surface area contributed by atoms with Crippen LogP contribution in [-0.4, -0.2) is 25.1 Å². The van der Waals surface area contributed by atoms with Crippen molar-refractivity contribution in [1.82, 2.24) is 19.2 Å². The first-order valence-electron chi connectivity index (χ1n) is 8.94. The van der Waals surface area contributed by atoms with E-state index < -0.39 is 0 Å². The van der Waals surface area contributed by atoms with Crippen LogP contribution in [-0.2, 0) is 17.9 Å². The molecule has 0 spiro atoms. The van der Waals surface area contributed by atoms with Crippen molar-refractivity contribution in [3.8, 4) is 5.75 Å². The molecule has 1 amide bonds.